The lowest BCUT2D eigenvalue weighted by molar-refractivity contribution is -0.117. The van der Waals surface area contributed by atoms with Gasteiger partial charge in [0, 0.05) is 20.1 Å². The molecule has 0 atom stereocenters. The highest BCUT2D eigenvalue weighted by molar-refractivity contribution is 7.91. The summed E-state index contributed by atoms with van der Waals surface area (Å²) in [6.07, 6.45) is -0.159. The predicted molar refractivity (Wildman–Crippen MR) is 115 cm³/mol. The van der Waals surface area contributed by atoms with E-state index in [1.54, 1.807) is 25.3 Å². The molecule has 0 radical (unpaired) electrons. The van der Waals surface area contributed by atoms with Gasteiger partial charge in [0.15, 0.2) is 14.6 Å². The van der Waals surface area contributed by atoms with E-state index < -0.39 is 15.7 Å². The quantitative estimate of drug-likeness (QED) is 0.574. The minimum absolute atomic E-state index is 0.159. The van der Waals surface area contributed by atoms with Crippen LogP contribution in [0.1, 0.15) is 17.5 Å². The first-order chi connectivity index (χ1) is 13.8. The topological polar surface area (TPSA) is 77.7 Å². The molecule has 3 rings (SSSR count). The van der Waals surface area contributed by atoms with Crippen molar-refractivity contribution in [3.8, 4) is 0 Å². The molecule has 8 heteroatoms. The lowest BCUT2D eigenvalue weighted by Gasteiger charge is -2.06. The van der Waals surface area contributed by atoms with Gasteiger partial charge >= 0.3 is 0 Å². The molecular weight excluding hydrogens is 408 g/mol. The molecule has 29 heavy (non-hydrogen) atoms. The molecule has 0 aliphatic rings. The van der Waals surface area contributed by atoms with Crippen molar-refractivity contribution in [2.24, 2.45) is 4.99 Å². The number of hydrogen-bond acceptors (Lipinski definition) is 5. The van der Waals surface area contributed by atoms with E-state index >= 15 is 0 Å². The third-order valence-corrected chi connectivity index (χ3v) is 7.50. The minimum atomic E-state index is -3.51. The summed E-state index contributed by atoms with van der Waals surface area (Å²) < 4.78 is 33.0. The summed E-state index contributed by atoms with van der Waals surface area (Å²) in [5, 5.41) is 0. The molecule has 1 amide bonds. The number of thiazole rings is 1. The predicted octanol–water partition coefficient (Wildman–Crippen LogP) is 3.26. The van der Waals surface area contributed by atoms with Gasteiger partial charge in [0.1, 0.15) is 0 Å². The van der Waals surface area contributed by atoms with E-state index in [4.69, 9.17) is 4.74 Å². The second-order valence-corrected chi connectivity index (χ2v) is 9.93. The van der Waals surface area contributed by atoms with Crippen LogP contribution in [0.25, 0.3) is 10.2 Å². The summed E-state index contributed by atoms with van der Waals surface area (Å²) in [6.45, 7) is 5.11. The molecule has 0 spiro atoms. The number of benzene rings is 2. The lowest BCUT2D eigenvalue weighted by Crippen LogP contribution is -2.20. The van der Waals surface area contributed by atoms with Crippen molar-refractivity contribution in [1.82, 2.24) is 4.57 Å². The van der Waals surface area contributed by atoms with Crippen LogP contribution in [0.4, 0.5) is 0 Å². The first kappa shape index (κ1) is 21.4. The number of aromatic nitrogens is 1. The van der Waals surface area contributed by atoms with Crippen molar-refractivity contribution in [2.45, 2.75) is 31.7 Å². The van der Waals surface area contributed by atoms with Crippen LogP contribution in [-0.2, 0) is 25.9 Å². The first-order valence-corrected chi connectivity index (χ1v) is 11.7. The Balaban J connectivity index is 1.90. The number of ether oxygens (including phenoxy) is 1. The van der Waals surface area contributed by atoms with E-state index in [1.807, 2.05) is 18.4 Å². The highest BCUT2D eigenvalue weighted by Crippen LogP contribution is 2.23. The fraction of sp³-hybridized carbons (Fsp3) is 0.333. The normalized spacial score (nSPS) is 12.6. The van der Waals surface area contributed by atoms with E-state index in [2.05, 4.69) is 17.1 Å². The summed E-state index contributed by atoms with van der Waals surface area (Å²) in [5.74, 6) is -0.711. The number of fused-ring (bicyclic) bond motifs is 1. The zero-order valence-electron chi connectivity index (χ0n) is 16.7. The van der Waals surface area contributed by atoms with E-state index in [0.717, 1.165) is 21.3 Å². The summed E-state index contributed by atoms with van der Waals surface area (Å²) in [4.78, 5) is 17.5. The molecule has 0 aliphatic carbocycles. The van der Waals surface area contributed by atoms with Crippen LogP contribution in [-0.4, -0.2) is 38.4 Å². The van der Waals surface area contributed by atoms with Gasteiger partial charge < -0.3 is 9.30 Å². The fourth-order valence-corrected chi connectivity index (χ4v) is 5.50. The SMILES string of the molecule is COCCn1c(=NC(=O)CCS(=O)(=O)c2ccccc2)sc2c(C)cc(C)cc21. The smallest absolute Gasteiger partial charge is 0.249 e. The largest absolute Gasteiger partial charge is 0.383 e. The van der Waals surface area contributed by atoms with Crippen LogP contribution in [0.3, 0.4) is 0 Å². The molecule has 6 nitrogen and oxygen atoms in total. The van der Waals surface area contributed by atoms with Gasteiger partial charge in [0.2, 0.25) is 5.91 Å². The van der Waals surface area contributed by atoms with E-state index in [1.165, 1.54) is 23.5 Å². The van der Waals surface area contributed by atoms with Gasteiger partial charge in [0.25, 0.3) is 0 Å². The number of rotatable bonds is 7. The van der Waals surface area contributed by atoms with Crippen molar-refractivity contribution in [1.29, 1.82) is 0 Å². The van der Waals surface area contributed by atoms with Crippen molar-refractivity contribution in [2.75, 3.05) is 19.5 Å². The zero-order chi connectivity index (χ0) is 21.0. The Morgan fingerprint density at radius 1 is 1.17 bits per heavy atom. The highest BCUT2D eigenvalue weighted by atomic mass is 32.2. The molecule has 0 fully saturated rings. The van der Waals surface area contributed by atoms with Crippen LogP contribution in [0.15, 0.2) is 52.4 Å². The molecule has 3 aromatic rings. The standard InChI is InChI=1S/C21H24N2O4S2/c1-15-13-16(2)20-18(14-15)23(10-11-27-3)21(28-20)22-19(24)9-12-29(25,26)17-7-5-4-6-8-17/h4-8,13-14H,9-12H2,1-3H3. The number of aryl methyl sites for hydroxylation is 2. The van der Waals surface area contributed by atoms with Gasteiger partial charge in [0.05, 0.1) is 27.5 Å². The number of nitrogens with zero attached hydrogens (tertiary/aromatic N) is 2. The van der Waals surface area contributed by atoms with Gasteiger partial charge in [-0.3, -0.25) is 4.79 Å². The highest BCUT2D eigenvalue weighted by Gasteiger charge is 2.16. The lowest BCUT2D eigenvalue weighted by atomic mass is 10.1. The van der Waals surface area contributed by atoms with Crippen LogP contribution >= 0.6 is 11.3 Å². The van der Waals surface area contributed by atoms with Crippen molar-refractivity contribution in [3.05, 3.63) is 58.4 Å². The van der Waals surface area contributed by atoms with Crippen LogP contribution in [0.2, 0.25) is 0 Å². The molecule has 1 heterocycles. The Hall–Kier alpha value is -2.29. The second kappa shape index (κ2) is 9.02. The number of carbonyl (C=O) groups excluding carboxylic acids is 1. The molecule has 1 aromatic heterocycles. The molecule has 0 aliphatic heterocycles. The van der Waals surface area contributed by atoms with Crippen LogP contribution in [0, 0.1) is 13.8 Å². The second-order valence-electron chi connectivity index (χ2n) is 6.85. The van der Waals surface area contributed by atoms with Gasteiger partial charge in [-0.25, -0.2) is 8.42 Å². The molecule has 2 aromatic carbocycles. The monoisotopic (exact) mass is 432 g/mol. The average molecular weight is 433 g/mol. The Labute approximate surface area is 174 Å². The maximum absolute atomic E-state index is 12.5. The molecule has 0 bridgehead atoms. The molecule has 0 N–H and O–H groups in total. The van der Waals surface area contributed by atoms with Gasteiger partial charge in [-0.05, 0) is 43.2 Å². The maximum Gasteiger partial charge on any atom is 0.249 e. The average Bonchev–Trinajstić information content (AvgIpc) is 3.03. The Morgan fingerprint density at radius 3 is 2.59 bits per heavy atom. The summed E-state index contributed by atoms with van der Waals surface area (Å²) in [6, 6.07) is 12.3. The summed E-state index contributed by atoms with van der Waals surface area (Å²) in [7, 11) is -1.89. The van der Waals surface area contributed by atoms with E-state index in [9.17, 15) is 13.2 Å². The van der Waals surface area contributed by atoms with Crippen LogP contribution < -0.4 is 4.80 Å². The Kier molecular flexibility index (Phi) is 6.66. The molecule has 0 unspecified atom stereocenters. The minimum Gasteiger partial charge on any atom is -0.383 e. The Bertz CT molecular complexity index is 1190. The van der Waals surface area contributed by atoms with Crippen molar-refractivity contribution < 1.29 is 17.9 Å². The zero-order valence-corrected chi connectivity index (χ0v) is 18.3. The van der Waals surface area contributed by atoms with Crippen molar-refractivity contribution in [3.63, 3.8) is 0 Å². The fourth-order valence-electron chi connectivity index (χ4n) is 3.13. The summed E-state index contributed by atoms with van der Waals surface area (Å²) in [5.41, 5.74) is 3.26. The number of amides is 1. The number of sulfone groups is 1. The maximum atomic E-state index is 12.5. The van der Waals surface area contributed by atoms with E-state index in [0.29, 0.717) is 18.0 Å². The third kappa shape index (κ3) is 5.01. The Morgan fingerprint density at radius 2 is 1.90 bits per heavy atom. The van der Waals surface area contributed by atoms with Crippen LogP contribution in [0.5, 0.6) is 0 Å². The summed E-state index contributed by atoms with van der Waals surface area (Å²) >= 11 is 1.44. The molecule has 0 saturated heterocycles. The van der Waals surface area contributed by atoms with Gasteiger partial charge in [-0.1, -0.05) is 35.6 Å². The first-order valence-electron chi connectivity index (χ1n) is 9.27. The molecule has 154 valence electrons. The number of methoxy groups -OCH3 is 1. The third-order valence-electron chi connectivity index (χ3n) is 4.54. The number of carbonyl (C=O) groups is 1. The van der Waals surface area contributed by atoms with E-state index in [-0.39, 0.29) is 17.1 Å². The molecular formula is C21H24N2O4S2. The number of hydrogen-bond donors (Lipinski definition) is 0. The van der Waals surface area contributed by atoms with Crippen molar-refractivity contribution >= 4 is 37.3 Å². The molecule has 0 saturated carbocycles. The van der Waals surface area contributed by atoms with Gasteiger partial charge in [-0.15, -0.1) is 0 Å². The van der Waals surface area contributed by atoms with Gasteiger partial charge in [-0.2, -0.15) is 4.99 Å².